The maximum absolute atomic E-state index is 9.52. The van der Waals surface area contributed by atoms with Gasteiger partial charge in [0.2, 0.25) is 0 Å². The van der Waals surface area contributed by atoms with Crippen molar-refractivity contribution in [3.05, 3.63) is 218 Å². The Morgan fingerprint density at radius 2 is 0.810 bits per heavy atom. The fourth-order valence-corrected chi connectivity index (χ4v) is 8.22. The van der Waals surface area contributed by atoms with Crippen molar-refractivity contribution >= 4 is 21.8 Å². The van der Waals surface area contributed by atoms with Gasteiger partial charge >= 0.3 is 0 Å². The maximum Gasteiger partial charge on any atom is 0.164 e. The number of para-hydroxylation sites is 1. The molecular weight excluding hydrogens is 771 g/mol. The maximum atomic E-state index is 9.52. The fraction of sp³-hybridized carbons (Fsp3) is 0. The molecular formula is C56H35N7. The van der Waals surface area contributed by atoms with Gasteiger partial charge in [-0.2, -0.15) is 5.26 Å². The van der Waals surface area contributed by atoms with E-state index in [1.54, 1.807) is 0 Å². The second-order valence-electron chi connectivity index (χ2n) is 15.2. The van der Waals surface area contributed by atoms with Gasteiger partial charge in [0, 0.05) is 44.2 Å². The summed E-state index contributed by atoms with van der Waals surface area (Å²) in [6.45, 7) is 0. The normalized spacial score (nSPS) is 11.2. The summed E-state index contributed by atoms with van der Waals surface area (Å²) in [7, 11) is 0. The summed E-state index contributed by atoms with van der Waals surface area (Å²) in [5, 5.41) is 11.7. The van der Waals surface area contributed by atoms with Gasteiger partial charge in [-0.05, 0) is 59.7 Å². The SMILES string of the molecule is N#Cc1ccc(-c2ccc3c4ccccc4n(-c4ccc(-c5nc(-c6ccccc6)nc(-c6ccccc6)n5)cc4-c4nc(-c5ccccc5)cc(-c5ccccc5)n4)c3c2)cc1. The van der Waals surface area contributed by atoms with E-state index in [0.717, 1.165) is 83.4 Å². The highest BCUT2D eigenvalue weighted by atomic mass is 15.0. The molecule has 0 aliphatic carbocycles. The van der Waals surface area contributed by atoms with E-state index in [1.165, 1.54) is 0 Å². The van der Waals surface area contributed by atoms with Crippen molar-refractivity contribution in [3.8, 4) is 90.9 Å². The molecule has 0 radical (unpaired) electrons. The zero-order valence-electron chi connectivity index (χ0n) is 33.8. The van der Waals surface area contributed by atoms with Crippen LogP contribution in [0.1, 0.15) is 5.56 Å². The Morgan fingerprint density at radius 1 is 0.333 bits per heavy atom. The lowest BCUT2D eigenvalue weighted by atomic mass is 10.0. The number of hydrogen-bond acceptors (Lipinski definition) is 6. The van der Waals surface area contributed by atoms with Crippen molar-refractivity contribution in [2.45, 2.75) is 0 Å². The number of benzene rings is 8. The van der Waals surface area contributed by atoms with Crippen molar-refractivity contribution in [3.63, 3.8) is 0 Å². The molecule has 11 aromatic rings. The van der Waals surface area contributed by atoms with Gasteiger partial charge in [0.25, 0.3) is 0 Å². The predicted molar refractivity (Wildman–Crippen MR) is 253 cm³/mol. The molecule has 11 rings (SSSR count). The molecule has 0 saturated heterocycles. The molecule has 294 valence electrons. The van der Waals surface area contributed by atoms with E-state index in [-0.39, 0.29) is 0 Å². The molecule has 3 heterocycles. The van der Waals surface area contributed by atoms with Gasteiger partial charge in [-0.1, -0.05) is 164 Å². The van der Waals surface area contributed by atoms with Gasteiger partial charge in [0.1, 0.15) is 0 Å². The minimum absolute atomic E-state index is 0.531. The lowest BCUT2D eigenvalue weighted by Gasteiger charge is -2.17. The summed E-state index contributed by atoms with van der Waals surface area (Å²) in [5.41, 5.74) is 12.6. The number of nitriles is 1. The molecule has 0 unspecified atom stereocenters. The number of hydrogen-bond donors (Lipinski definition) is 0. The van der Waals surface area contributed by atoms with Crippen LogP contribution in [0.4, 0.5) is 0 Å². The van der Waals surface area contributed by atoms with Crippen LogP contribution in [0.25, 0.3) is 107 Å². The van der Waals surface area contributed by atoms with Gasteiger partial charge in [-0.25, -0.2) is 24.9 Å². The minimum Gasteiger partial charge on any atom is -0.308 e. The highest BCUT2D eigenvalue weighted by molar-refractivity contribution is 6.10. The molecule has 0 aliphatic rings. The Balaban J connectivity index is 1.20. The monoisotopic (exact) mass is 805 g/mol. The van der Waals surface area contributed by atoms with Crippen LogP contribution in [0.15, 0.2) is 212 Å². The number of fused-ring (bicyclic) bond motifs is 3. The second-order valence-corrected chi connectivity index (χ2v) is 15.2. The molecule has 0 saturated carbocycles. The average molecular weight is 806 g/mol. The van der Waals surface area contributed by atoms with Crippen molar-refractivity contribution in [1.82, 2.24) is 29.5 Å². The summed E-state index contributed by atoms with van der Waals surface area (Å²) in [4.78, 5) is 26.0. The van der Waals surface area contributed by atoms with Gasteiger partial charge in [0.15, 0.2) is 23.3 Å². The molecule has 8 aromatic carbocycles. The summed E-state index contributed by atoms with van der Waals surface area (Å²) < 4.78 is 2.32. The lowest BCUT2D eigenvalue weighted by Crippen LogP contribution is -2.04. The van der Waals surface area contributed by atoms with Gasteiger partial charge < -0.3 is 4.57 Å². The van der Waals surface area contributed by atoms with Crippen LogP contribution < -0.4 is 0 Å². The summed E-state index contributed by atoms with van der Waals surface area (Å²) in [6.07, 6.45) is 0. The van der Waals surface area contributed by atoms with Crippen LogP contribution in [-0.2, 0) is 0 Å². The van der Waals surface area contributed by atoms with Crippen molar-refractivity contribution in [2.24, 2.45) is 0 Å². The lowest BCUT2D eigenvalue weighted by molar-refractivity contribution is 1.07. The van der Waals surface area contributed by atoms with Crippen LogP contribution in [0.3, 0.4) is 0 Å². The third-order valence-corrected chi connectivity index (χ3v) is 11.3. The van der Waals surface area contributed by atoms with Crippen LogP contribution in [0, 0.1) is 11.3 Å². The fourth-order valence-electron chi connectivity index (χ4n) is 8.22. The molecule has 7 heteroatoms. The number of rotatable bonds is 8. The highest BCUT2D eigenvalue weighted by Gasteiger charge is 2.22. The van der Waals surface area contributed by atoms with E-state index >= 15 is 0 Å². The Bertz CT molecular complexity index is 3370. The predicted octanol–water partition coefficient (Wildman–Crippen LogP) is 13.3. The van der Waals surface area contributed by atoms with E-state index < -0.39 is 0 Å². The van der Waals surface area contributed by atoms with E-state index in [1.807, 2.05) is 121 Å². The molecule has 0 bridgehead atoms. The molecule has 0 atom stereocenters. The third-order valence-electron chi connectivity index (χ3n) is 11.3. The Kier molecular flexibility index (Phi) is 9.41. The molecule has 0 fully saturated rings. The zero-order chi connectivity index (χ0) is 42.1. The topological polar surface area (TPSA) is 93.2 Å². The summed E-state index contributed by atoms with van der Waals surface area (Å²) in [6, 6.07) is 74.0. The van der Waals surface area contributed by atoms with Gasteiger partial charge in [0.05, 0.1) is 39.7 Å². The quantitative estimate of drug-likeness (QED) is 0.152. The largest absolute Gasteiger partial charge is 0.308 e. The molecule has 0 spiro atoms. The molecule has 0 N–H and O–H groups in total. The molecule has 3 aromatic heterocycles. The first-order chi connectivity index (χ1) is 31.2. The Morgan fingerprint density at radius 3 is 1.38 bits per heavy atom. The van der Waals surface area contributed by atoms with Crippen molar-refractivity contribution < 1.29 is 0 Å². The molecule has 63 heavy (non-hydrogen) atoms. The van der Waals surface area contributed by atoms with Crippen LogP contribution in [0.5, 0.6) is 0 Å². The summed E-state index contributed by atoms with van der Waals surface area (Å²) >= 11 is 0. The standard InChI is InChI=1S/C56H35N7/c57-36-37-25-27-38(28-26-37)43-29-31-46-45-23-13-14-24-50(45)63(52(46)34-43)51-32-30-44(55-61-53(41-19-9-3-10-20-41)60-54(62-55)42-21-11-4-12-22-42)33-47(51)56-58-48(39-15-5-1-6-16-39)35-49(59-56)40-17-7-2-8-18-40/h1-35H. The first kappa shape index (κ1) is 37.2. The summed E-state index contributed by atoms with van der Waals surface area (Å²) in [5.74, 6) is 2.25. The van der Waals surface area contributed by atoms with E-state index in [2.05, 4.69) is 102 Å². The Hall–Kier alpha value is -8.86. The van der Waals surface area contributed by atoms with Crippen LogP contribution in [0.2, 0.25) is 0 Å². The average Bonchev–Trinajstić information content (AvgIpc) is 3.70. The second kappa shape index (κ2) is 16.0. The van der Waals surface area contributed by atoms with Gasteiger partial charge in [-0.3, -0.25) is 0 Å². The minimum atomic E-state index is 0.531. The zero-order valence-corrected chi connectivity index (χ0v) is 33.8. The first-order valence-corrected chi connectivity index (χ1v) is 20.7. The molecule has 0 aliphatic heterocycles. The first-order valence-electron chi connectivity index (χ1n) is 20.7. The van der Waals surface area contributed by atoms with Crippen molar-refractivity contribution in [2.75, 3.05) is 0 Å². The smallest absolute Gasteiger partial charge is 0.164 e. The van der Waals surface area contributed by atoms with E-state index in [4.69, 9.17) is 24.9 Å². The number of aromatic nitrogens is 6. The number of nitrogens with zero attached hydrogens (tertiary/aromatic N) is 7. The molecule has 0 amide bonds. The van der Waals surface area contributed by atoms with E-state index in [9.17, 15) is 5.26 Å². The van der Waals surface area contributed by atoms with Crippen LogP contribution >= 0.6 is 0 Å². The van der Waals surface area contributed by atoms with Crippen molar-refractivity contribution in [1.29, 1.82) is 5.26 Å². The van der Waals surface area contributed by atoms with E-state index in [0.29, 0.717) is 28.9 Å². The molecule has 7 nitrogen and oxygen atoms in total. The third kappa shape index (κ3) is 7.08. The van der Waals surface area contributed by atoms with Gasteiger partial charge in [-0.15, -0.1) is 0 Å². The Labute approximate surface area is 364 Å². The van der Waals surface area contributed by atoms with Crippen LogP contribution in [-0.4, -0.2) is 29.5 Å². The highest BCUT2D eigenvalue weighted by Crippen LogP contribution is 2.40.